The van der Waals surface area contributed by atoms with Crippen molar-refractivity contribution in [3.05, 3.63) is 11.6 Å². The van der Waals surface area contributed by atoms with Gasteiger partial charge in [0.05, 0.1) is 0 Å². The lowest BCUT2D eigenvalue weighted by Crippen LogP contribution is -1.99. The minimum absolute atomic E-state index is 0.0528. The molecule has 0 aromatic heterocycles. The van der Waals surface area contributed by atoms with E-state index < -0.39 is 11.8 Å². The van der Waals surface area contributed by atoms with Crippen LogP contribution in [-0.4, -0.2) is 16.9 Å². The summed E-state index contributed by atoms with van der Waals surface area (Å²) in [6.45, 7) is 1.30. The Hall–Kier alpha value is -1.56. The number of terminal acetylenes is 1. The number of hydrogen-bond acceptors (Lipinski definition) is 2. The van der Waals surface area contributed by atoms with E-state index in [9.17, 15) is 9.59 Å². The Balaban J connectivity index is 4.35. The van der Waals surface area contributed by atoms with Gasteiger partial charge in [0.15, 0.2) is 0 Å². The number of carboxylic acid groups (broad SMARTS) is 1. The summed E-state index contributed by atoms with van der Waals surface area (Å²) in [4.78, 5) is 20.4. The van der Waals surface area contributed by atoms with Crippen molar-refractivity contribution < 1.29 is 14.7 Å². The van der Waals surface area contributed by atoms with Gasteiger partial charge in [-0.15, -0.1) is 6.42 Å². The molecule has 0 aliphatic rings. The van der Waals surface area contributed by atoms with Crippen LogP contribution in [0, 0.1) is 12.3 Å². The minimum Gasteiger partial charge on any atom is -0.478 e. The maximum absolute atomic E-state index is 10.4. The number of rotatable bonds is 2. The molecule has 10 heavy (non-hydrogen) atoms. The monoisotopic (exact) mass is 138 g/mol. The molecule has 0 aromatic rings. The first-order valence-corrected chi connectivity index (χ1v) is 2.50. The van der Waals surface area contributed by atoms with E-state index in [1.807, 2.05) is 0 Å². The van der Waals surface area contributed by atoms with E-state index in [2.05, 4.69) is 6.42 Å². The maximum Gasteiger partial charge on any atom is 0.331 e. The molecular formula is C7H6O3. The van der Waals surface area contributed by atoms with Gasteiger partial charge in [-0.2, -0.15) is 0 Å². The third-order valence-corrected chi connectivity index (χ3v) is 0.827. The Morgan fingerprint density at radius 3 is 2.40 bits per heavy atom. The van der Waals surface area contributed by atoms with E-state index in [1.165, 1.54) is 6.92 Å². The molecule has 0 rings (SSSR count). The number of aliphatic carboxylic acids is 1. The molecule has 0 bridgehead atoms. The highest BCUT2D eigenvalue weighted by Gasteiger charge is 2.00. The van der Waals surface area contributed by atoms with Gasteiger partial charge in [-0.25, -0.2) is 4.79 Å². The topological polar surface area (TPSA) is 54.4 Å². The van der Waals surface area contributed by atoms with Gasteiger partial charge in [0, 0.05) is 11.6 Å². The second-order valence-electron chi connectivity index (χ2n) is 1.64. The number of ketones is 1. The van der Waals surface area contributed by atoms with Crippen molar-refractivity contribution >= 4 is 11.8 Å². The highest BCUT2D eigenvalue weighted by Crippen LogP contribution is 1.90. The predicted molar refractivity (Wildman–Crippen MR) is 35.2 cm³/mol. The average Bonchev–Trinajstić information content (AvgIpc) is 1.87. The van der Waals surface area contributed by atoms with Gasteiger partial charge in [-0.05, 0) is 12.8 Å². The first-order valence-electron chi connectivity index (χ1n) is 2.50. The summed E-state index contributed by atoms with van der Waals surface area (Å²) in [5.74, 6) is 0.0114. The van der Waals surface area contributed by atoms with Crippen LogP contribution in [0.25, 0.3) is 0 Å². The molecule has 1 N–H and O–H groups in total. The van der Waals surface area contributed by atoms with Gasteiger partial charge in [0.2, 0.25) is 5.78 Å². The average molecular weight is 138 g/mol. The van der Waals surface area contributed by atoms with Crippen molar-refractivity contribution in [2.45, 2.75) is 6.92 Å². The number of hydrogen-bond donors (Lipinski definition) is 1. The van der Waals surface area contributed by atoms with Gasteiger partial charge in [-0.1, -0.05) is 0 Å². The highest BCUT2D eigenvalue weighted by atomic mass is 16.4. The first-order chi connectivity index (χ1) is 4.57. The standard InChI is InChI=1S/C7H6O3/c1-3-6(8)4-5(2)7(9)10/h1,4H,2H3,(H,9,10). The Kier molecular flexibility index (Phi) is 2.92. The molecule has 0 unspecified atom stereocenters. The second kappa shape index (κ2) is 3.46. The van der Waals surface area contributed by atoms with Crippen molar-refractivity contribution in [2.75, 3.05) is 0 Å². The molecule has 0 heterocycles. The van der Waals surface area contributed by atoms with Crippen LogP contribution in [-0.2, 0) is 9.59 Å². The quantitative estimate of drug-likeness (QED) is 0.337. The van der Waals surface area contributed by atoms with Crippen LogP contribution in [0.5, 0.6) is 0 Å². The van der Waals surface area contributed by atoms with Crippen LogP contribution in [0.2, 0.25) is 0 Å². The summed E-state index contributed by atoms with van der Waals surface area (Å²) < 4.78 is 0. The first kappa shape index (κ1) is 8.44. The van der Waals surface area contributed by atoms with Gasteiger partial charge in [-0.3, -0.25) is 4.79 Å². The molecule has 0 aromatic carbocycles. The zero-order chi connectivity index (χ0) is 8.15. The van der Waals surface area contributed by atoms with Crippen LogP contribution < -0.4 is 0 Å². The fourth-order valence-corrected chi connectivity index (χ4v) is 0.300. The smallest absolute Gasteiger partial charge is 0.331 e. The Morgan fingerprint density at radius 2 is 2.10 bits per heavy atom. The van der Waals surface area contributed by atoms with E-state index in [1.54, 1.807) is 5.92 Å². The van der Waals surface area contributed by atoms with E-state index >= 15 is 0 Å². The van der Waals surface area contributed by atoms with Crippen LogP contribution >= 0.6 is 0 Å². The molecule has 0 fully saturated rings. The molecular weight excluding hydrogens is 132 g/mol. The predicted octanol–water partition coefficient (Wildman–Crippen LogP) is 0.220. The van der Waals surface area contributed by atoms with E-state index in [0.717, 1.165) is 6.08 Å². The number of allylic oxidation sites excluding steroid dienone is 1. The van der Waals surface area contributed by atoms with Crippen molar-refractivity contribution in [1.29, 1.82) is 0 Å². The number of carbonyl (C=O) groups excluding carboxylic acids is 1. The van der Waals surface area contributed by atoms with E-state index in [-0.39, 0.29) is 5.57 Å². The SMILES string of the molecule is C#CC(=O)C=C(C)C(=O)O. The fraction of sp³-hybridized carbons (Fsp3) is 0.143. The molecule has 0 aliphatic carbocycles. The molecule has 0 spiro atoms. The molecule has 0 saturated carbocycles. The zero-order valence-electron chi connectivity index (χ0n) is 5.42. The van der Waals surface area contributed by atoms with Crippen LogP contribution in [0.3, 0.4) is 0 Å². The van der Waals surface area contributed by atoms with Crippen molar-refractivity contribution in [3.8, 4) is 12.3 Å². The summed E-state index contributed by atoms with van der Waals surface area (Å²) >= 11 is 0. The fourth-order valence-electron chi connectivity index (χ4n) is 0.300. The zero-order valence-corrected chi connectivity index (χ0v) is 5.42. The summed E-state index contributed by atoms with van der Waals surface area (Å²) in [5, 5.41) is 8.24. The second-order valence-corrected chi connectivity index (χ2v) is 1.64. The largest absolute Gasteiger partial charge is 0.478 e. The molecule has 0 radical (unpaired) electrons. The molecule has 3 heteroatoms. The number of carbonyl (C=O) groups is 2. The Bertz CT molecular complexity index is 230. The Morgan fingerprint density at radius 1 is 1.60 bits per heavy atom. The summed E-state index contributed by atoms with van der Waals surface area (Å²) in [6.07, 6.45) is 5.59. The van der Waals surface area contributed by atoms with Crippen LogP contribution in [0.1, 0.15) is 6.92 Å². The summed E-state index contributed by atoms with van der Waals surface area (Å²) in [7, 11) is 0. The van der Waals surface area contributed by atoms with Crippen molar-refractivity contribution in [1.82, 2.24) is 0 Å². The molecule has 0 atom stereocenters. The van der Waals surface area contributed by atoms with Gasteiger partial charge < -0.3 is 5.11 Å². The molecule has 0 amide bonds. The normalized spacial score (nSPS) is 10.2. The third-order valence-electron chi connectivity index (χ3n) is 0.827. The van der Waals surface area contributed by atoms with Crippen molar-refractivity contribution in [2.24, 2.45) is 0 Å². The molecule has 3 nitrogen and oxygen atoms in total. The third kappa shape index (κ3) is 2.68. The van der Waals surface area contributed by atoms with Crippen molar-refractivity contribution in [3.63, 3.8) is 0 Å². The van der Waals surface area contributed by atoms with Crippen LogP contribution in [0.4, 0.5) is 0 Å². The molecule has 0 saturated heterocycles. The van der Waals surface area contributed by atoms with Gasteiger partial charge >= 0.3 is 5.97 Å². The van der Waals surface area contributed by atoms with E-state index in [0.29, 0.717) is 0 Å². The van der Waals surface area contributed by atoms with Gasteiger partial charge in [0.25, 0.3) is 0 Å². The lowest BCUT2D eigenvalue weighted by atomic mass is 10.2. The maximum atomic E-state index is 10.4. The molecule has 52 valence electrons. The van der Waals surface area contributed by atoms with E-state index in [4.69, 9.17) is 5.11 Å². The van der Waals surface area contributed by atoms with Crippen LogP contribution in [0.15, 0.2) is 11.6 Å². The minimum atomic E-state index is -1.14. The highest BCUT2D eigenvalue weighted by molar-refractivity contribution is 6.07. The number of carboxylic acids is 1. The molecule has 0 aliphatic heterocycles. The summed E-state index contributed by atoms with van der Waals surface area (Å²) in [5.41, 5.74) is -0.0528. The van der Waals surface area contributed by atoms with Gasteiger partial charge in [0.1, 0.15) is 0 Å². The Labute approximate surface area is 58.4 Å². The lowest BCUT2D eigenvalue weighted by Gasteiger charge is -1.86. The lowest BCUT2D eigenvalue weighted by molar-refractivity contribution is -0.132. The summed E-state index contributed by atoms with van der Waals surface area (Å²) in [6, 6.07) is 0.